The fourth-order valence-electron chi connectivity index (χ4n) is 3.88. The number of hydrogen-bond acceptors (Lipinski definition) is 5. The van der Waals surface area contributed by atoms with Gasteiger partial charge in [-0.1, -0.05) is 24.3 Å². The normalized spacial score (nSPS) is 14.7. The molecular formula is C25H22FNO5S. The predicted molar refractivity (Wildman–Crippen MR) is 122 cm³/mol. The molecule has 33 heavy (non-hydrogen) atoms. The second-order valence-electron chi connectivity index (χ2n) is 7.90. The summed E-state index contributed by atoms with van der Waals surface area (Å²) in [6.45, 7) is 2.74. The number of fused-ring (bicyclic) bond motifs is 2. The number of aryl methyl sites for hydroxylation is 1. The summed E-state index contributed by atoms with van der Waals surface area (Å²) in [5.41, 5.74) is 1.80. The monoisotopic (exact) mass is 467 g/mol. The molecule has 1 atom stereocenters. The number of hydrogen-bond donors (Lipinski definition) is 1. The number of benzene rings is 3. The third kappa shape index (κ3) is 4.31. The number of ether oxygens (including phenoxy) is 2. The first-order valence-electron chi connectivity index (χ1n) is 10.6. The van der Waals surface area contributed by atoms with E-state index >= 15 is 0 Å². The second kappa shape index (κ2) is 8.53. The van der Waals surface area contributed by atoms with Crippen molar-refractivity contribution in [1.82, 2.24) is 4.72 Å². The fourth-order valence-corrected chi connectivity index (χ4v) is 5.07. The summed E-state index contributed by atoms with van der Waals surface area (Å²) >= 11 is 0. The number of furan rings is 1. The molecule has 1 N–H and O–H groups in total. The molecular weight excluding hydrogens is 445 g/mol. The van der Waals surface area contributed by atoms with Crippen molar-refractivity contribution in [2.45, 2.75) is 24.3 Å². The van der Waals surface area contributed by atoms with Crippen molar-refractivity contribution < 1.29 is 26.7 Å². The van der Waals surface area contributed by atoms with Gasteiger partial charge in [0.1, 0.15) is 23.2 Å². The van der Waals surface area contributed by atoms with Gasteiger partial charge >= 0.3 is 0 Å². The third-order valence-corrected chi connectivity index (χ3v) is 7.00. The first-order chi connectivity index (χ1) is 15.9. The standard InChI is InChI=1S/C25H22FNO5S/c1-16-7-8-18(26)14-20(16)25(24-13-17-5-2-3-6-21(17)32-24)27-33(28,29)19-9-10-22-23(15-19)31-12-4-11-30-22/h2-3,5-10,13-15,25,27H,4,11-12H2,1H3/t25-/m1/s1. The van der Waals surface area contributed by atoms with Crippen LogP contribution in [-0.2, 0) is 10.0 Å². The molecule has 0 saturated heterocycles. The van der Waals surface area contributed by atoms with Gasteiger partial charge in [0.25, 0.3) is 0 Å². The Morgan fingerprint density at radius 2 is 1.73 bits per heavy atom. The maximum Gasteiger partial charge on any atom is 0.241 e. The van der Waals surface area contributed by atoms with Crippen LogP contribution in [0.5, 0.6) is 11.5 Å². The molecule has 0 radical (unpaired) electrons. The molecule has 1 aliphatic heterocycles. The van der Waals surface area contributed by atoms with Crippen LogP contribution >= 0.6 is 0 Å². The minimum atomic E-state index is -4.04. The Hall–Kier alpha value is -3.36. The largest absolute Gasteiger partial charge is 0.490 e. The van der Waals surface area contributed by atoms with Gasteiger partial charge in [0.05, 0.1) is 18.1 Å². The zero-order valence-corrected chi connectivity index (χ0v) is 18.7. The molecule has 170 valence electrons. The SMILES string of the molecule is Cc1ccc(F)cc1[C@@H](NS(=O)(=O)c1ccc2c(c1)OCCCO2)c1cc2ccccc2o1. The first kappa shape index (κ1) is 21.5. The van der Waals surface area contributed by atoms with E-state index in [1.54, 1.807) is 31.2 Å². The van der Waals surface area contributed by atoms with Crippen LogP contribution in [0.2, 0.25) is 0 Å². The Balaban J connectivity index is 1.58. The molecule has 0 bridgehead atoms. The topological polar surface area (TPSA) is 77.8 Å². The molecule has 0 aliphatic carbocycles. The highest BCUT2D eigenvalue weighted by Crippen LogP contribution is 2.35. The quantitative estimate of drug-likeness (QED) is 0.441. The van der Waals surface area contributed by atoms with Gasteiger partial charge in [-0.3, -0.25) is 0 Å². The molecule has 1 aliphatic rings. The highest BCUT2D eigenvalue weighted by Gasteiger charge is 2.28. The molecule has 8 heteroatoms. The van der Waals surface area contributed by atoms with Crippen molar-refractivity contribution in [3.05, 3.63) is 89.4 Å². The Morgan fingerprint density at radius 1 is 0.939 bits per heavy atom. The van der Waals surface area contributed by atoms with E-state index in [4.69, 9.17) is 13.9 Å². The number of rotatable bonds is 5. The summed E-state index contributed by atoms with van der Waals surface area (Å²) in [6.07, 6.45) is 0.710. The van der Waals surface area contributed by atoms with Gasteiger partial charge in [0.2, 0.25) is 10.0 Å². The summed E-state index contributed by atoms with van der Waals surface area (Å²) in [6, 6.07) is 17.0. The van der Waals surface area contributed by atoms with Crippen molar-refractivity contribution in [2.24, 2.45) is 0 Å². The van der Waals surface area contributed by atoms with Crippen molar-refractivity contribution in [1.29, 1.82) is 0 Å². The van der Waals surface area contributed by atoms with E-state index in [0.717, 1.165) is 10.9 Å². The number of halogens is 1. The van der Waals surface area contributed by atoms with Crippen LogP contribution in [0.1, 0.15) is 29.3 Å². The lowest BCUT2D eigenvalue weighted by Gasteiger charge is -2.20. The van der Waals surface area contributed by atoms with Crippen molar-refractivity contribution in [3.8, 4) is 11.5 Å². The van der Waals surface area contributed by atoms with E-state index in [1.165, 1.54) is 24.3 Å². The summed E-state index contributed by atoms with van der Waals surface area (Å²) in [5.74, 6) is 0.771. The van der Waals surface area contributed by atoms with Crippen LogP contribution < -0.4 is 14.2 Å². The van der Waals surface area contributed by atoms with Gasteiger partial charge in [-0.25, -0.2) is 12.8 Å². The molecule has 6 nitrogen and oxygen atoms in total. The van der Waals surface area contributed by atoms with Crippen LogP contribution in [0.4, 0.5) is 4.39 Å². The third-order valence-electron chi connectivity index (χ3n) is 5.58. The molecule has 0 fully saturated rings. The van der Waals surface area contributed by atoms with Crippen molar-refractivity contribution >= 4 is 21.0 Å². The molecule has 4 aromatic rings. The minimum absolute atomic E-state index is 0.0157. The maximum atomic E-state index is 14.2. The molecule has 5 rings (SSSR count). The van der Waals surface area contributed by atoms with Crippen LogP contribution in [0, 0.1) is 12.7 Å². The lowest BCUT2D eigenvalue weighted by Crippen LogP contribution is -2.30. The summed E-state index contributed by atoms with van der Waals surface area (Å²) in [4.78, 5) is 0.0157. The average Bonchev–Trinajstić information content (AvgIpc) is 3.09. The lowest BCUT2D eigenvalue weighted by molar-refractivity contribution is 0.297. The first-order valence-corrected chi connectivity index (χ1v) is 12.1. The minimum Gasteiger partial charge on any atom is -0.490 e. The zero-order valence-electron chi connectivity index (χ0n) is 17.9. The Morgan fingerprint density at radius 3 is 2.55 bits per heavy atom. The highest BCUT2D eigenvalue weighted by molar-refractivity contribution is 7.89. The smallest absolute Gasteiger partial charge is 0.241 e. The molecule has 3 aromatic carbocycles. The second-order valence-corrected chi connectivity index (χ2v) is 9.61. The van der Waals surface area contributed by atoms with Gasteiger partial charge in [-0.2, -0.15) is 4.72 Å². The summed E-state index contributed by atoms with van der Waals surface area (Å²) in [7, 11) is -4.04. The van der Waals surface area contributed by atoms with Crippen LogP contribution in [0.3, 0.4) is 0 Å². The van der Waals surface area contributed by atoms with Crippen molar-refractivity contribution in [2.75, 3.05) is 13.2 Å². The van der Waals surface area contributed by atoms with Gasteiger partial charge in [0.15, 0.2) is 11.5 Å². The van der Waals surface area contributed by atoms with Gasteiger partial charge in [0, 0.05) is 17.9 Å². The average molecular weight is 468 g/mol. The number of para-hydroxylation sites is 1. The summed E-state index contributed by atoms with van der Waals surface area (Å²) < 4.78 is 61.0. The maximum absolute atomic E-state index is 14.2. The zero-order chi connectivity index (χ0) is 23.0. The lowest BCUT2D eigenvalue weighted by atomic mass is 10.00. The van der Waals surface area contributed by atoms with E-state index in [0.29, 0.717) is 48.0 Å². The van der Waals surface area contributed by atoms with Gasteiger partial charge in [-0.15, -0.1) is 0 Å². The number of nitrogens with one attached hydrogen (secondary N) is 1. The number of sulfonamides is 1. The van der Waals surface area contributed by atoms with Crippen LogP contribution in [0.15, 0.2) is 76.0 Å². The van der Waals surface area contributed by atoms with E-state index < -0.39 is 21.9 Å². The van der Waals surface area contributed by atoms with E-state index in [1.807, 2.05) is 18.2 Å². The van der Waals surface area contributed by atoms with Crippen LogP contribution in [-0.4, -0.2) is 21.6 Å². The van der Waals surface area contributed by atoms with E-state index in [2.05, 4.69) is 4.72 Å². The molecule has 2 heterocycles. The summed E-state index contributed by atoms with van der Waals surface area (Å²) in [5, 5.41) is 0.821. The van der Waals surface area contributed by atoms with E-state index in [-0.39, 0.29) is 4.90 Å². The molecule has 0 spiro atoms. The molecule has 1 aromatic heterocycles. The highest BCUT2D eigenvalue weighted by atomic mass is 32.2. The molecule has 0 amide bonds. The predicted octanol–water partition coefficient (Wildman–Crippen LogP) is 5.11. The Kier molecular flexibility index (Phi) is 5.55. The fraction of sp³-hybridized carbons (Fsp3) is 0.200. The molecule has 0 unspecified atom stereocenters. The molecule has 0 saturated carbocycles. The van der Waals surface area contributed by atoms with Gasteiger partial charge in [-0.05, 0) is 54.4 Å². The van der Waals surface area contributed by atoms with Gasteiger partial charge < -0.3 is 13.9 Å². The van der Waals surface area contributed by atoms with Crippen molar-refractivity contribution in [3.63, 3.8) is 0 Å². The Labute approximate surface area is 191 Å². The van der Waals surface area contributed by atoms with Crippen LogP contribution in [0.25, 0.3) is 11.0 Å². The Bertz CT molecular complexity index is 1400. The van der Waals surface area contributed by atoms with E-state index in [9.17, 15) is 12.8 Å².